The van der Waals surface area contributed by atoms with Crippen LogP contribution in [0, 0.1) is 0 Å². The van der Waals surface area contributed by atoms with E-state index in [1.807, 2.05) is 24.3 Å². The van der Waals surface area contributed by atoms with E-state index in [9.17, 15) is 14.4 Å². The van der Waals surface area contributed by atoms with Crippen molar-refractivity contribution in [3.05, 3.63) is 66.0 Å². The largest absolute Gasteiger partial charge is 0.274 e. The smallest absolute Gasteiger partial charge is 0.261 e. The fourth-order valence-electron chi connectivity index (χ4n) is 3.08. The summed E-state index contributed by atoms with van der Waals surface area (Å²) in [7, 11) is 0. The third-order valence-corrected chi connectivity index (χ3v) is 4.36. The van der Waals surface area contributed by atoms with E-state index < -0.39 is 0 Å². The first-order chi connectivity index (χ1) is 12.6. The minimum Gasteiger partial charge on any atom is -0.274 e. The Morgan fingerprint density at radius 1 is 0.962 bits per heavy atom. The number of hydrogen-bond acceptors (Lipinski definition) is 4. The van der Waals surface area contributed by atoms with Gasteiger partial charge in [0.2, 0.25) is 5.91 Å². The number of nitrogens with zero attached hydrogens (tertiary/aromatic N) is 3. The monoisotopic (exact) mass is 348 g/mol. The van der Waals surface area contributed by atoms with E-state index in [4.69, 9.17) is 0 Å². The van der Waals surface area contributed by atoms with Gasteiger partial charge in [0.1, 0.15) is 6.33 Å². The molecule has 4 rings (SSSR count). The quantitative estimate of drug-likeness (QED) is 0.716. The molecule has 3 amide bonds. The lowest BCUT2D eigenvalue weighted by molar-refractivity contribution is -0.117. The van der Waals surface area contributed by atoms with Crippen LogP contribution < -0.4 is 5.43 Å². The molecule has 0 fully saturated rings. The molecule has 1 aromatic heterocycles. The van der Waals surface area contributed by atoms with E-state index in [1.165, 1.54) is 4.90 Å². The van der Waals surface area contributed by atoms with E-state index in [2.05, 4.69) is 10.4 Å². The summed E-state index contributed by atoms with van der Waals surface area (Å²) in [6.45, 7) is 0.213. The summed E-state index contributed by atoms with van der Waals surface area (Å²) in [4.78, 5) is 42.1. The maximum absolute atomic E-state index is 12.3. The molecule has 2 aromatic carbocycles. The van der Waals surface area contributed by atoms with E-state index in [-0.39, 0.29) is 30.7 Å². The number of imidazole rings is 1. The number of amides is 3. The van der Waals surface area contributed by atoms with Crippen LogP contribution in [0.4, 0.5) is 0 Å². The van der Waals surface area contributed by atoms with Crippen LogP contribution >= 0.6 is 0 Å². The Kier molecular flexibility index (Phi) is 3.96. The average molecular weight is 348 g/mol. The topological polar surface area (TPSA) is 84.3 Å². The Balaban J connectivity index is 1.35. The number of para-hydroxylation sites is 2. The molecule has 0 atom stereocenters. The summed E-state index contributed by atoms with van der Waals surface area (Å²) in [6.07, 6.45) is 2.14. The minimum absolute atomic E-state index is 0.194. The molecular formula is C19H16N4O3. The van der Waals surface area contributed by atoms with Crippen LogP contribution in [-0.2, 0) is 4.79 Å². The predicted molar refractivity (Wildman–Crippen MR) is 95.1 cm³/mol. The van der Waals surface area contributed by atoms with Crippen molar-refractivity contribution < 1.29 is 14.4 Å². The molecule has 1 aliphatic heterocycles. The van der Waals surface area contributed by atoms with Gasteiger partial charge in [-0.05, 0) is 30.7 Å². The Morgan fingerprint density at radius 3 is 2.35 bits per heavy atom. The van der Waals surface area contributed by atoms with Gasteiger partial charge < -0.3 is 0 Å². The summed E-state index contributed by atoms with van der Waals surface area (Å²) in [5, 5.41) is 0. The second-order valence-electron chi connectivity index (χ2n) is 6.05. The second kappa shape index (κ2) is 6.44. The highest BCUT2D eigenvalue weighted by molar-refractivity contribution is 6.21. The highest BCUT2D eigenvalue weighted by Crippen LogP contribution is 2.22. The molecular weight excluding hydrogens is 332 g/mol. The molecule has 26 heavy (non-hydrogen) atoms. The van der Waals surface area contributed by atoms with Crippen molar-refractivity contribution in [2.24, 2.45) is 0 Å². The van der Waals surface area contributed by atoms with Crippen molar-refractivity contribution in [1.29, 1.82) is 0 Å². The first-order valence-corrected chi connectivity index (χ1v) is 8.32. The first kappa shape index (κ1) is 16.0. The lowest BCUT2D eigenvalue weighted by atomic mass is 10.1. The standard InChI is InChI=1S/C19H16N4O3/c24-17(21-23-12-20-15-8-3-4-9-16(15)23)10-5-11-22-18(25)13-6-1-2-7-14(13)19(22)26/h1-4,6-9,12H,5,10-11H2,(H,21,24). The molecule has 1 N–H and O–H groups in total. The normalized spacial score (nSPS) is 13.3. The highest BCUT2D eigenvalue weighted by Gasteiger charge is 2.34. The molecule has 7 nitrogen and oxygen atoms in total. The van der Waals surface area contributed by atoms with E-state index in [0.29, 0.717) is 17.5 Å². The fourth-order valence-corrected chi connectivity index (χ4v) is 3.08. The van der Waals surface area contributed by atoms with Gasteiger partial charge in [0, 0.05) is 13.0 Å². The van der Waals surface area contributed by atoms with Crippen LogP contribution in [0.15, 0.2) is 54.9 Å². The van der Waals surface area contributed by atoms with Crippen molar-refractivity contribution in [3.8, 4) is 0 Å². The summed E-state index contributed by atoms with van der Waals surface area (Å²) in [5.74, 6) is -0.803. The van der Waals surface area contributed by atoms with Gasteiger partial charge in [-0.3, -0.25) is 24.7 Å². The summed E-state index contributed by atoms with van der Waals surface area (Å²) in [5.41, 5.74) is 5.20. The van der Waals surface area contributed by atoms with Gasteiger partial charge in [-0.15, -0.1) is 0 Å². The maximum Gasteiger partial charge on any atom is 0.261 e. The van der Waals surface area contributed by atoms with E-state index >= 15 is 0 Å². The molecule has 0 spiro atoms. The van der Waals surface area contributed by atoms with E-state index in [0.717, 1.165) is 11.0 Å². The molecule has 0 saturated carbocycles. The summed E-state index contributed by atoms with van der Waals surface area (Å²) < 4.78 is 1.57. The summed E-state index contributed by atoms with van der Waals surface area (Å²) >= 11 is 0. The van der Waals surface area contributed by atoms with Crippen LogP contribution in [0.25, 0.3) is 11.0 Å². The van der Waals surface area contributed by atoms with Crippen molar-refractivity contribution in [2.45, 2.75) is 12.8 Å². The minimum atomic E-state index is -0.299. The Hall–Kier alpha value is -3.48. The Labute approximate surface area is 149 Å². The van der Waals surface area contributed by atoms with Crippen LogP contribution in [0.2, 0.25) is 0 Å². The number of benzene rings is 2. The zero-order chi connectivity index (χ0) is 18.1. The lowest BCUT2D eigenvalue weighted by Crippen LogP contribution is -2.31. The molecule has 0 unspecified atom stereocenters. The van der Waals surface area contributed by atoms with Crippen molar-refractivity contribution in [3.63, 3.8) is 0 Å². The van der Waals surface area contributed by atoms with Crippen molar-refractivity contribution in [1.82, 2.24) is 14.6 Å². The predicted octanol–water partition coefficient (Wildman–Crippen LogP) is 2.18. The first-order valence-electron chi connectivity index (χ1n) is 8.32. The molecule has 0 aliphatic carbocycles. The van der Waals surface area contributed by atoms with Gasteiger partial charge in [-0.1, -0.05) is 24.3 Å². The Morgan fingerprint density at radius 2 is 1.62 bits per heavy atom. The van der Waals surface area contributed by atoms with Gasteiger partial charge in [0.15, 0.2) is 0 Å². The molecule has 3 aromatic rings. The number of aromatic nitrogens is 2. The number of hydrogen-bond donors (Lipinski definition) is 1. The Bertz CT molecular complexity index is 989. The molecule has 0 saturated heterocycles. The maximum atomic E-state index is 12.3. The van der Waals surface area contributed by atoms with Crippen molar-refractivity contribution in [2.75, 3.05) is 12.0 Å². The summed E-state index contributed by atoms with van der Waals surface area (Å²) in [6, 6.07) is 14.2. The van der Waals surface area contributed by atoms with Gasteiger partial charge in [0.05, 0.1) is 22.2 Å². The van der Waals surface area contributed by atoms with Crippen LogP contribution in [0.1, 0.15) is 33.6 Å². The SMILES string of the molecule is O=C(CCCN1C(=O)c2ccccc2C1=O)Nn1cnc2ccccc21. The fraction of sp³-hybridized carbons (Fsp3) is 0.158. The number of imide groups is 1. The van der Waals surface area contributed by atoms with E-state index in [1.54, 1.807) is 35.3 Å². The van der Waals surface area contributed by atoms with Crippen LogP contribution in [-0.4, -0.2) is 38.8 Å². The number of fused-ring (bicyclic) bond motifs is 2. The average Bonchev–Trinajstić information content (AvgIpc) is 3.17. The van der Waals surface area contributed by atoms with Crippen LogP contribution in [0.5, 0.6) is 0 Å². The molecule has 130 valence electrons. The molecule has 7 heteroatoms. The van der Waals surface area contributed by atoms with Crippen molar-refractivity contribution >= 4 is 28.8 Å². The van der Waals surface area contributed by atoms with Gasteiger partial charge in [-0.2, -0.15) is 0 Å². The highest BCUT2D eigenvalue weighted by atomic mass is 16.2. The van der Waals surface area contributed by atoms with Crippen LogP contribution in [0.3, 0.4) is 0 Å². The van der Waals surface area contributed by atoms with Gasteiger partial charge in [0.25, 0.3) is 11.8 Å². The third-order valence-electron chi connectivity index (χ3n) is 4.36. The van der Waals surface area contributed by atoms with Gasteiger partial charge >= 0.3 is 0 Å². The molecule has 2 heterocycles. The number of carbonyl (C=O) groups is 3. The number of nitrogens with one attached hydrogen (secondary N) is 1. The van der Waals surface area contributed by atoms with Gasteiger partial charge in [-0.25, -0.2) is 9.66 Å². The third kappa shape index (κ3) is 2.73. The molecule has 0 bridgehead atoms. The lowest BCUT2D eigenvalue weighted by Gasteiger charge is -2.13. The molecule has 0 radical (unpaired) electrons. The zero-order valence-corrected chi connectivity index (χ0v) is 13.9. The number of rotatable bonds is 5. The second-order valence-corrected chi connectivity index (χ2v) is 6.05. The number of carbonyl (C=O) groups excluding carboxylic acids is 3. The zero-order valence-electron chi connectivity index (χ0n) is 13.9. The molecule has 1 aliphatic rings.